The second-order valence-electron chi connectivity index (χ2n) is 9.35. The summed E-state index contributed by atoms with van der Waals surface area (Å²) < 4.78 is 11.9. The van der Waals surface area contributed by atoms with Crippen LogP contribution in [0.4, 0.5) is 11.4 Å². The molecule has 0 unspecified atom stereocenters. The van der Waals surface area contributed by atoms with E-state index in [-0.39, 0.29) is 11.8 Å². The third-order valence-corrected chi connectivity index (χ3v) is 6.75. The Morgan fingerprint density at radius 3 is 2.35 bits per heavy atom. The van der Waals surface area contributed by atoms with Gasteiger partial charge in [-0.1, -0.05) is 49.7 Å². The predicted octanol–water partition coefficient (Wildman–Crippen LogP) is 5.62. The predicted molar refractivity (Wildman–Crippen MR) is 142 cm³/mol. The molecule has 3 aromatic carbocycles. The van der Waals surface area contributed by atoms with Crippen LogP contribution in [0, 0.1) is 12.8 Å². The van der Waals surface area contributed by atoms with E-state index in [1.807, 2.05) is 80.6 Å². The second kappa shape index (κ2) is 10.6. The molecule has 7 nitrogen and oxygen atoms in total. The molecule has 7 heteroatoms. The lowest BCUT2D eigenvalue weighted by atomic mass is 9.90. The molecular formula is C30H32N2O5. The molecule has 0 spiro atoms. The zero-order chi connectivity index (χ0) is 25.9. The molecule has 0 saturated carbocycles. The van der Waals surface area contributed by atoms with Gasteiger partial charge in [0.05, 0.1) is 30.6 Å². The lowest BCUT2D eigenvalue weighted by molar-refractivity contribution is -0.126. The van der Waals surface area contributed by atoms with Crippen molar-refractivity contribution in [3.05, 3.63) is 83.9 Å². The summed E-state index contributed by atoms with van der Waals surface area (Å²) in [4.78, 5) is 34.9. The number of ether oxygens (including phenoxy) is 2. The Kier molecular flexibility index (Phi) is 7.15. The van der Waals surface area contributed by atoms with Crippen molar-refractivity contribution in [1.82, 2.24) is 0 Å². The zero-order valence-corrected chi connectivity index (χ0v) is 21.4. The Bertz CT molecular complexity index is 1280. The number of rotatable bonds is 9. The number of benzene rings is 3. The van der Waals surface area contributed by atoms with Gasteiger partial charge in [-0.3, -0.25) is 14.4 Å². The van der Waals surface area contributed by atoms with Gasteiger partial charge in [0.25, 0.3) is 5.91 Å². The van der Waals surface area contributed by atoms with Crippen molar-refractivity contribution in [3.63, 3.8) is 0 Å². The van der Waals surface area contributed by atoms with Gasteiger partial charge < -0.3 is 9.47 Å². The highest BCUT2D eigenvalue weighted by molar-refractivity contribution is 6.24. The fourth-order valence-electron chi connectivity index (χ4n) is 5.00. The number of nitrogens with zero attached hydrogens (tertiary/aromatic N) is 2. The summed E-state index contributed by atoms with van der Waals surface area (Å²) in [5.41, 5.74) is 3.12. The average molecular weight is 501 g/mol. The minimum Gasteiger partial charge on any atom is -0.490 e. The maximum atomic E-state index is 13.9. The molecule has 2 aliphatic rings. The number of carbonyl (C=O) groups excluding carboxylic acids is 2. The van der Waals surface area contributed by atoms with Gasteiger partial charge in [0, 0.05) is 0 Å². The monoisotopic (exact) mass is 500 g/mol. The minimum atomic E-state index is -0.922. The van der Waals surface area contributed by atoms with Gasteiger partial charge in [0.15, 0.2) is 17.6 Å². The van der Waals surface area contributed by atoms with Crippen LogP contribution in [0.5, 0.6) is 11.5 Å². The summed E-state index contributed by atoms with van der Waals surface area (Å²) in [5, 5.41) is 1.70. The second-order valence-corrected chi connectivity index (χ2v) is 9.35. The number of imide groups is 1. The van der Waals surface area contributed by atoms with E-state index in [1.54, 1.807) is 11.1 Å². The number of hydrogen-bond donors (Lipinski definition) is 0. The first kappa shape index (κ1) is 24.8. The fourth-order valence-corrected chi connectivity index (χ4v) is 5.00. The Labute approximate surface area is 217 Å². The van der Waals surface area contributed by atoms with Crippen LogP contribution in [-0.4, -0.2) is 31.1 Å². The van der Waals surface area contributed by atoms with Crippen molar-refractivity contribution in [2.24, 2.45) is 5.92 Å². The van der Waals surface area contributed by atoms with Gasteiger partial charge in [0.1, 0.15) is 5.92 Å². The molecule has 2 fully saturated rings. The van der Waals surface area contributed by atoms with Crippen LogP contribution in [0.1, 0.15) is 43.9 Å². The van der Waals surface area contributed by atoms with Crippen LogP contribution < -0.4 is 19.4 Å². The molecule has 3 atom stereocenters. The lowest BCUT2D eigenvalue weighted by Crippen LogP contribution is -2.37. The molecule has 0 bridgehead atoms. The van der Waals surface area contributed by atoms with Crippen molar-refractivity contribution in [1.29, 1.82) is 0 Å². The van der Waals surface area contributed by atoms with Crippen molar-refractivity contribution in [2.45, 2.75) is 45.8 Å². The van der Waals surface area contributed by atoms with Crippen LogP contribution in [0.3, 0.4) is 0 Å². The van der Waals surface area contributed by atoms with Crippen LogP contribution >= 0.6 is 0 Å². The molecule has 37 heavy (non-hydrogen) atoms. The van der Waals surface area contributed by atoms with E-state index in [0.29, 0.717) is 30.4 Å². The van der Waals surface area contributed by atoms with E-state index < -0.39 is 18.1 Å². The molecule has 0 aromatic heterocycles. The number of aryl methyl sites for hydroxylation is 1. The molecule has 0 N–H and O–H groups in total. The summed E-state index contributed by atoms with van der Waals surface area (Å²) in [7, 11) is 0. The highest BCUT2D eigenvalue weighted by atomic mass is 16.7. The van der Waals surface area contributed by atoms with Crippen molar-refractivity contribution in [2.75, 3.05) is 23.2 Å². The van der Waals surface area contributed by atoms with Gasteiger partial charge in [-0.15, -0.1) is 0 Å². The minimum absolute atomic E-state index is 0.273. The van der Waals surface area contributed by atoms with E-state index in [1.165, 1.54) is 4.90 Å². The topological polar surface area (TPSA) is 68.3 Å². The van der Waals surface area contributed by atoms with E-state index in [0.717, 1.165) is 29.7 Å². The number of para-hydroxylation sites is 1. The fraction of sp³-hybridized carbons (Fsp3) is 0.333. The molecular weight excluding hydrogens is 468 g/mol. The third-order valence-electron chi connectivity index (χ3n) is 6.75. The number of unbranched alkanes of at least 4 members (excludes halogenated alkanes) is 1. The summed E-state index contributed by atoms with van der Waals surface area (Å²) in [6.45, 7) is 7.05. The van der Waals surface area contributed by atoms with Crippen LogP contribution in [0.15, 0.2) is 72.8 Å². The smallest absolute Gasteiger partial charge is 0.266 e. The number of anilines is 2. The van der Waals surface area contributed by atoms with Gasteiger partial charge in [-0.2, -0.15) is 0 Å². The highest BCUT2D eigenvalue weighted by Gasteiger charge is 2.60. The Balaban J connectivity index is 1.55. The summed E-state index contributed by atoms with van der Waals surface area (Å²) >= 11 is 0. The molecule has 0 radical (unpaired) electrons. The van der Waals surface area contributed by atoms with Crippen molar-refractivity contribution >= 4 is 23.2 Å². The van der Waals surface area contributed by atoms with Crippen molar-refractivity contribution < 1.29 is 23.9 Å². The van der Waals surface area contributed by atoms with Gasteiger partial charge >= 0.3 is 0 Å². The lowest BCUT2D eigenvalue weighted by Gasteiger charge is -2.29. The molecule has 3 aromatic rings. The van der Waals surface area contributed by atoms with Crippen LogP contribution in [0.25, 0.3) is 0 Å². The van der Waals surface area contributed by atoms with Gasteiger partial charge in [-0.25, -0.2) is 9.96 Å². The summed E-state index contributed by atoms with van der Waals surface area (Å²) in [6, 6.07) is 22.2. The first-order valence-corrected chi connectivity index (χ1v) is 12.9. The Hall–Kier alpha value is -3.84. The number of hydroxylamine groups is 1. The maximum absolute atomic E-state index is 13.9. The van der Waals surface area contributed by atoms with E-state index in [4.69, 9.17) is 14.3 Å². The average Bonchev–Trinajstić information content (AvgIpc) is 3.41. The Morgan fingerprint density at radius 1 is 0.838 bits per heavy atom. The number of hydrogen-bond acceptors (Lipinski definition) is 6. The van der Waals surface area contributed by atoms with Gasteiger partial charge in [-0.05, 0) is 67.8 Å². The van der Waals surface area contributed by atoms with E-state index in [9.17, 15) is 9.59 Å². The number of amides is 2. The normalized spacial score (nSPS) is 20.9. The highest BCUT2D eigenvalue weighted by Crippen LogP contribution is 2.48. The molecule has 2 aliphatic heterocycles. The first-order valence-electron chi connectivity index (χ1n) is 12.9. The quantitative estimate of drug-likeness (QED) is 0.280. The van der Waals surface area contributed by atoms with Crippen LogP contribution in [0.2, 0.25) is 0 Å². The van der Waals surface area contributed by atoms with Gasteiger partial charge in [0.2, 0.25) is 5.91 Å². The summed E-state index contributed by atoms with van der Waals surface area (Å²) in [6.07, 6.45) is 1.06. The van der Waals surface area contributed by atoms with Crippen LogP contribution in [-0.2, 0) is 14.4 Å². The third kappa shape index (κ3) is 4.67. The largest absolute Gasteiger partial charge is 0.490 e. The molecule has 2 saturated heterocycles. The maximum Gasteiger partial charge on any atom is 0.266 e. The first-order chi connectivity index (χ1) is 18.0. The van der Waals surface area contributed by atoms with E-state index in [2.05, 4.69) is 6.92 Å². The molecule has 192 valence electrons. The van der Waals surface area contributed by atoms with Crippen molar-refractivity contribution in [3.8, 4) is 11.5 Å². The Morgan fingerprint density at radius 2 is 1.62 bits per heavy atom. The molecule has 0 aliphatic carbocycles. The standard InChI is InChI=1S/C30H32N2O5/c1-4-6-17-36-24-16-15-21(19-25(24)35-5-2)27-26-28(37-32(27)22-12-8-7-9-13-22)30(34)31(29(26)33)23-14-10-11-20(3)18-23/h7-16,18-19,26-28H,4-6,17H2,1-3H3/t26-,27-,28-/m1/s1. The SMILES string of the molecule is CCCCOc1ccc([C@@H]2[C@H]3C(=O)N(c4cccc(C)c4)C(=O)[C@@H]3ON2c2ccccc2)cc1OCC. The summed E-state index contributed by atoms with van der Waals surface area (Å²) in [5.74, 6) is -0.0655. The zero-order valence-electron chi connectivity index (χ0n) is 21.4. The molecule has 2 amide bonds. The number of fused-ring (bicyclic) bond motifs is 1. The molecule has 5 rings (SSSR count). The van der Waals surface area contributed by atoms with E-state index >= 15 is 0 Å². The number of carbonyl (C=O) groups is 2. The molecule has 2 heterocycles.